The maximum atomic E-state index is 13.0. The van der Waals surface area contributed by atoms with Gasteiger partial charge in [0.15, 0.2) is 0 Å². The van der Waals surface area contributed by atoms with E-state index in [9.17, 15) is 4.79 Å². The molecule has 1 unspecified atom stereocenters. The summed E-state index contributed by atoms with van der Waals surface area (Å²) in [4.78, 5) is 24.3. The first-order valence-electron chi connectivity index (χ1n) is 12.2. The number of carbonyl (C=O) groups is 1. The van der Waals surface area contributed by atoms with E-state index in [2.05, 4.69) is 31.6 Å². The number of benzene rings is 1. The van der Waals surface area contributed by atoms with E-state index in [-0.39, 0.29) is 22.8 Å². The molecular formula is C26H29ClN4O2S. The Morgan fingerprint density at radius 2 is 1.91 bits per heavy atom. The summed E-state index contributed by atoms with van der Waals surface area (Å²) in [6, 6.07) is 9.76. The van der Waals surface area contributed by atoms with E-state index >= 15 is 0 Å². The van der Waals surface area contributed by atoms with E-state index in [1.807, 2.05) is 24.3 Å². The van der Waals surface area contributed by atoms with Crippen LogP contribution in [0.4, 0.5) is 5.82 Å². The zero-order chi connectivity index (χ0) is 23.2. The van der Waals surface area contributed by atoms with Crippen molar-refractivity contribution in [3.63, 3.8) is 0 Å². The van der Waals surface area contributed by atoms with Crippen LogP contribution < -0.4 is 10.2 Å². The highest BCUT2D eigenvalue weighted by atomic mass is 35.5. The molecule has 1 amide bonds. The molecule has 1 atom stereocenters. The fraction of sp³-hybridized carbons (Fsp3) is 0.500. The summed E-state index contributed by atoms with van der Waals surface area (Å²) in [7, 11) is 0. The number of fused-ring (bicyclic) bond motifs is 1. The summed E-state index contributed by atoms with van der Waals surface area (Å²) >= 11 is 7.73. The molecule has 2 aromatic heterocycles. The summed E-state index contributed by atoms with van der Waals surface area (Å²) in [5.41, 5.74) is 1.97. The van der Waals surface area contributed by atoms with Gasteiger partial charge in [0.25, 0.3) is 0 Å². The minimum Gasteiger partial charge on any atom is -0.376 e. The zero-order valence-corrected chi connectivity index (χ0v) is 20.7. The van der Waals surface area contributed by atoms with Crippen LogP contribution in [0.1, 0.15) is 44.1 Å². The van der Waals surface area contributed by atoms with Crippen molar-refractivity contribution in [3.8, 4) is 0 Å². The van der Waals surface area contributed by atoms with E-state index in [1.54, 1.807) is 17.7 Å². The lowest BCUT2D eigenvalue weighted by Gasteiger charge is -2.46. The van der Waals surface area contributed by atoms with Gasteiger partial charge in [-0.25, -0.2) is 9.97 Å². The van der Waals surface area contributed by atoms with Gasteiger partial charge in [-0.1, -0.05) is 23.7 Å². The van der Waals surface area contributed by atoms with Crippen LogP contribution in [0.15, 0.2) is 42.0 Å². The third-order valence-electron chi connectivity index (χ3n) is 8.04. The monoisotopic (exact) mass is 496 g/mol. The standard InChI is InChI=1S/C26H29ClN4O2S/c27-19-3-1-18(2-4-19)26(8-9-26)24(32)28-15-20-5-7-25(16-33-20)10-12-31(13-11-25)23-22-21(6-14-34-22)29-17-30-23/h1-4,6,14,17,20H,5,7-13,15-16H2,(H,28,32). The number of hydrogen-bond acceptors (Lipinski definition) is 6. The van der Waals surface area contributed by atoms with Crippen LogP contribution in [0.2, 0.25) is 5.02 Å². The van der Waals surface area contributed by atoms with Crippen LogP contribution in [-0.4, -0.2) is 48.2 Å². The van der Waals surface area contributed by atoms with Crippen molar-refractivity contribution >= 4 is 44.9 Å². The Kier molecular flexibility index (Phi) is 5.74. The van der Waals surface area contributed by atoms with Crippen LogP contribution in [-0.2, 0) is 14.9 Å². The topological polar surface area (TPSA) is 67.4 Å². The van der Waals surface area contributed by atoms with Crippen molar-refractivity contribution in [2.45, 2.75) is 50.0 Å². The molecular weight excluding hydrogens is 468 g/mol. The predicted octanol–water partition coefficient (Wildman–Crippen LogP) is 4.96. The molecule has 1 saturated carbocycles. The van der Waals surface area contributed by atoms with Crippen molar-refractivity contribution in [2.24, 2.45) is 5.41 Å². The smallest absolute Gasteiger partial charge is 0.230 e. The summed E-state index contributed by atoms with van der Waals surface area (Å²) in [5.74, 6) is 1.19. The molecule has 1 spiro atoms. The maximum absolute atomic E-state index is 13.0. The molecule has 34 heavy (non-hydrogen) atoms. The second-order valence-corrected chi connectivity index (χ2v) is 11.4. The normalized spacial score (nSPS) is 23.2. The van der Waals surface area contributed by atoms with Gasteiger partial charge < -0.3 is 15.0 Å². The average molecular weight is 497 g/mol. The first kappa shape index (κ1) is 22.3. The highest BCUT2D eigenvalue weighted by Crippen LogP contribution is 2.48. The van der Waals surface area contributed by atoms with Gasteiger partial charge in [0.05, 0.1) is 28.3 Å². The second-order valence-electron chi connectivity index (χ2n) is 10.1. The SMILES string of the molecule is O=C(NCC1CCC2(CCN(c3ncnc4ccsc34)CC2)CO1)C1(c2ccc(Cl)cc2)CC1. The number of hydrogen-bond donors (Lipinski definition) is 1. The number of ether oxygens (including phenoxy) is 1. The Balaban J connectivity index is 1.01. The molecule has 2 saturated heterocycles. The fourth-order valence-corrected chi connectivity index (χ4v) is 6.57. The third-order valence-corrected chi connectivity index (χ3v) is 9.19. The Labute approximate surface area is 208 Å². The van der Waals surface area contributed by atoms with E-state index in [4.69, 9.17) is 16.3 Å². The van der Waals surface area contributed by atoms with Gasteiger partial charge >= 0.3 is 0 Å². The lowest BCUT2D eigenvalue weighted by atomic mass is 9.73. The number of rotatable bonds is 5. The van der Waals surface area contributed by atoms with Crippen molar-refractivity contribution in [1.29, 1.82) is 0 Å². The number of amides is 1. The van der Waals surface area contributed by atoms with Crippen LogP contribution in [0, 0.1) is 5.41 Å². The number of piperidine rings is 1. The van der Waals surface area contributed by atoms with Crippen molar-refractivity contribution < 1.29 is 9.53 Å². The fourth-order valence-electron chi connectivity index (χ4n) is 5.58. The van der Waals surface area contributed by atoms with Crippen LogP contribution in [0.25, 0.3) is 10.2 Å². The molecule has 3 aliphatic rings. The summed E-state index contributed by atoms with van der Waals surface area (Å²) in [6.45, 7) is 3.37. The molecule has 6 nitrogen and oxygen atoms in total. The van der Waals surface area contributed by atoms with E-state index in [0.717, 1.165) is 75.1 Å². The van der Waals surface area contributed by atoms with Gasteiger partial charge in [-0.05, 0) is 73.1 Å². The predicted molar refractivity (Wildman–Crippen MR) is 136 cm³/mol. The minimum atomic E-state index is -0.373. The van der Waals surface area contributed by atoms with Crippen molar-refractivity contribution in [1.82, 2.24) is 15.3 Å². The molecule has 4 heterocycles. The quantitative estimate of drug-likeness (QED) is 0.540. The first-order valence-corrected chi connectivity index (χ1v) is 13.4. The number of carbonyl (C=O) groups excluding carboxylic acids is 1. The lowest BCUT2D eigenvalue weighted by Crippen LogP contribution is -2.48. The number of nitrogens with one attached hydrogen (secondary N) is 1. The van der Waals surface area contributed by atoms with E-state index in [0.29, 0.717) is 11.6 Å². The molecule has 178 valence electrons. The van der Waals surface area contributed by atoms with E-state index in [1.165, 1.54) is 4.70 Å². The number of aromatic nitrogens is 2. The highest BCUT2D eigenvalue weighted by Gasteiger charge is 2.51. The Morgan fingerprint density at radius 3 is 2.62 bits per heavy atom. The van der Waals surface area contributed by atoms with Crippen LogP contribution in [0.5, 0.6) is 0 Å². The Hall–Kier alpha value is -2.22. The minimum absolute atomic E-state index is 0.0984. The largest absolute Gasteiger partial charge is 0.376 e. The Morgan fingerprint density at radius 1 is 1.12 bits per heavy atom. The second kappa shape index (κ2) is 8.77. The number of thiophene rings is 1. The molecule has 1 aliphatic carbocycles. The highest BCUT2D eigenvalue weighted by molar-refractivity contribution is 7.17. The van der Waals surface area contributed by atoms with Gasteiger partial charge in [-0.2, -0.15) is 0 Å². The maximum Gasteiger partial charge on any atom is 0.230 e. The van der Waals surface area contributed by atoms with Gasteiger partial charge in [-0.15, -0.1) is 11.3 Å². The zero-order valence-electron chi connectivity index (χ0n) is 19.1. The number of halogens is 1. The van der Waals surface area contributed by atoms with E-state index < -0.39 is 0 Å². The number of anilines is 1. The molecule has 0 radical (unpaired) electrons. The first-order chi connectivity index (χ1) is 16.6. The van der Waals surface area contributed by atoms with Gasteiger partial charge in [0.2, 0.25) is 5.91 Å². The lowest BCUT2D eigenvalue weighted by molar-refractivity contribution is -0.125. The van der Waals surface area contributed by atoms with Crippen molar-refractivity contribution in [3.05, 3.63) is 52.6 Å². The summed E-state index contributed by atoms with van der Waals surface area (Å²) in [5, 5.41) is 5.97. The number of nitrogens with zero attached hydrogens (tertiary/aromatic N) is 3. The van der Waals surface area contributed by atoms with Crippen LogP contribution in [0.3, 0.4) is 0 Å². The molecule has 8 heteroatoms. The third kappa shape index (κ3) is 4.08. The van der Waals surface area contributed by atoms with Crippen LogP contribution >= 0.6 is 22.9 Å². The molecule has 6 rings (SSSR count). The summed E-state index contributed by atoms with van der Waals surface area (Å²) in [6.07, 6.45) is 7.95. The Bertz CT molecular complexity index is 1170. The van der Waals surface area contributed by atoms with Gasteiger partial charge in [0, 0.05) is 24.7 Å². The molecule has 1 aromatic carbocycles. The van der Waals surface area contributed by atoms with Crippen molar-refractivity contribution in [2.75, 3.05) is 31.1 Å². The van der Waals surface area contributed by atoms with Gasteiger partial charge in [0.1, 0.15) is 12.1 Å². The van der Waals surface area contributed by atoms with Gasteiger partial charge in [-0.3, -0.25) is 4.79 Å². The molecule has 3 aromatic rings. The average Bonchev–Trinajstić information content (AvgIpc) is 3.54. The molecule has 3 fully saturated rings. The summed E-state index contributed by atoms with van der Waals surface area (Å²) < 4.78 is 7.48. The molecule has 2 aliphatic heterocycles. The molecule has 0 bridgehead atoms. The molecule has 1 N–H and O–H groups in total.